The van der Waals surface area contributed by atoms with Crippen molar-refractivity contribution >= 4 is 39.1 Å². The minimum absolute atomic E-state index is 0.0839. The van der Waals surface area contributed by atoms with E-state index in [1.807, 2.05) is 25.1 Å². The van der Waals surface area contributed by atoms with Gasteiger partial charge in [-0.1, -0.05) is 0 Å². The van der Waals surface area contributed by atoms with Gasteiger partial charge in [-0.05, 0) is 44.4 Å². The van der Waals surface area contributed by atoms with Crippen LogP contribution in [0.2, 0.25) is 0 Å². The third kappa shape index (κ3) is 2.90. The number of carbonyl (C=O) groups excluding carboxylic acids is 1. The fourth-order valence-corrected chi connectivity index (χ4v) is 3.67. The smallest absolute Gasteiger partial charge is 0.306 e. The topological polar surface area (TPSA) is 79.3 Å². The average Bonchev–Trinajstić information content (AvgIpc) is 3.03. The molecule has 1 aromatic heterocycles. The Labute approximate surface area is 126 Å². The summed E-state index contributed by atoms with van der Waals surface area (Å²) in [5, 5.41) is 12.9. The Morgan fingerprint density at radius 3 is 2.81 bits per heavy atom. The van der Waals surface area contributed by atoms with Crippen molar-refractivity contribution in [3.05, 3.63) is 23.2 Å². The predicted molar refractivity (Wildman–Crippen MR) is 81.5 cm³/mol. The molecule has 0 saturated heterocycles. The quantitative estimate of drug-likeness (QED) is 0.913. The highest BCUT2D eigenvalue weighted by atomic mass is 32.1. The molecule has 0 unspecified atom stereocenters. The van der Waals surface area contributed by atoms with Gasteiger partial charge in [-0.2, -0.15) is 0 Å². The molecule has 0 bridgehead atoms. The van der Waals surface area contributed by atoms with Crippen molar-refractivity contribution in [3.8, 4) is 0 Å². The van der Waals surface area contributed by atoms with Crippen molar-refractivity contribution in [2.24, 2.45) is 11.8 Å². The average molecular weight is 304 g/mol. The molecule has 0 aliphatic heterocycles. The Bertz CT molecular complexity index is 710. The molecule has 2 aromatic rings. The van der Waals surface area contributed by atoms with E-state index in [1.54, 1.807) is 11.3 Å². The van der Waals surface area contributed by atoms with Gasteiger partial charge in [-0.15, -0.1) is 11.3 Å². The Morgan fingerprint density at radius 1 is 1.33 bits per heavy atom. The zero-order chi connectivity index (χ0) is 15.0. The number of anilines is 1. The number of carbonyl (C=O) groups is 2. The van der Waals surface area contributed by atoms with E-state index >= 15 is 0 Å². The number of rotatable bonds is 3. The fraction of sp³-hybridized carbons (Fsp3) is 0.400. The summed E-state index contributed by atoms with van der Waals surface area (Å²) in [5.41, 5.74) is 1.68. The number of amides is 1. The molecule has 3 rings (SSSR count). The first-order chi connectivity index (χ1) is 10.0. The van der Waals surface area contributed by atoms with Gasteiger partial charge in [-0.3, -0.25) is 9.59 Å². The summed E-state index contributed by atoms with van der Waals surface area (Å²) in [7, 11) is 0. The van der Waals surface area contributed by atoms with Crippen LogP contribution in [-0.2, 0) is 9.59 Å². The second kappa shape index (κ2) is 5.44. The van der Waals surface area contributed by atoms with E-state index in [0.29, 0.717) is 19.3 Å². The molecule has 0 radical (unpaired) electrons. The Hall–Kier alpha value is -1.95. The van der Waals surface area contributed by atoms with Crippen LogP contribution in [0.3, 0.4) is 0 Å². The predicted octanol–water partition coefficient (Wildman–Crippen LogP) is 3.04. The molecule has 1 aromatic carbocycles. The number of aromatic nitrogens is 1. The number of nitrogens with zero attached hydrogens (tertiary/aromatic N) is 1. The standard InChI is InChI=1S/C15H16N2O3S/c1-8-16-12-5-4-11(7-13(12)21-8)17-14(18)9-2-3-10(6-9)15(19)20/h4-5,7,9-10H,2-3,6H2,1H3,(H,17,18)(H,19,20)/t9-,10+/m1/s1. The second-order valence-electron chi connectivity index (χ2n) is 5.45. The molecule has 1 amide bonds. The first-order valence-electron chi connectivity index (χ1n) is 6.94. The van der Waals surface area contributed by atoms with Crippen LogP contribution in [0.4, 0.5) is 5.69 Å². The highest BCUT2D eigenvalue weighted by Gasteiger charge is 2.33. The van der Waals surface area contributed by atoms with Crippen LogP contribution < -0.4 is 5.32 Å². The highest BCUT2D eigenvalue weighted by Crippen LogP contribution is 2.32. The lowest BCUT2D eigenvalue weighted by atomic mass is 10.0. The summed E-state index contributed by atoms with van der Waals surface area (Å²) >= 11 is 1.59. The van der Waals surface area contributed by atoms with E-state index < -0.39 is 5.97 Å². The lowest BCUT2D eigenvalue weighted by Crippen LogP contribution is -2.21. The number of carboxylic acid groups (broad SMARTS) is 1. The van der Waals surface area contributed by atoms with Crippen LogP contribution in [0.15, 0.2) is 18.2 Å². The molecular weight excluding hydrogens is 288 g/mol. The van der Waals surface area contributed by atoms with E-state index in [9.17, 15) is 9.59 Å². The van der Waals surface area contributed by atoms with Gasteiger partial charge in [0, 0.05) is 11.6 Å². The molecule has 1 saturated carbocycles. The van der Waals surface area contributed by atoms with E-state index in [-0.39, 0.29) is 17.7 Å². The molecule has 6 heteroatoms. The molecule has 1 aliphatic carbocycles. The van der Waals surface area contributed by atoms with Crippen LogP contribution in [-0.4, -0.2) is 22.0 Å². The lowest BCUT2D eigenvalue weighted by Gasteiger charge is -2.10. The Balaban J connectivity index is 1.70. The van der Waals surface area contributed by atoms with Crippen molar-refractivity contribution < 1.29 is 14.7 Å². The van der Waals surface area contributed by atoms with Gasteiger partial charge in [-0.25, -0.2) is 4.98 Å². The van der Waals surface area contributed by atoms with Crippen LogP contribution in [0.5, 0.6) is 0 Å². The molecule has 110 valence electrons. The molecule has 1 heterocycles. The molecule has 2 atom stereocenters. The maximum atomic E-state index is 12.2. The zero-order valence-electron chi connectivity index (χ0n) is 11.6. The van der Waals surface area contributed by atoms with Crippen LogP contribution in [0.25, 0.3) is 10.2 Å². The van der Waals surface area contributed by atoms with Crippen molar-refractivity contribution in [1.82, 2.24) is 4.98 Å². The minimum Gasteiger partial charge on any atom is -0.481 e. The van der Waals surface area contributed by atoms with Crippen LogP contribution in [0.1, 0.15) is 24.3 Å². The zero-order valence-corrected chi connectivity index (χ0v) is 12.4. The van der Waals surface area contributed by atoms with Gasteiger partial charge in [0.2, 0.25) is 5.91 Å². The summed E-state index contributed by atoms with van der Waals surface area (Å²) in [6, 6.07) is 5.65. The van der Waals surface area contributed by atoms with Gasteiger partial charge in [0.15, 0.2) is 0 Å². The molecule has 1 aliphatic rings. The van der Waals surface area contributed by atoms with Crippen molar-refractivity contribution in [1.29, 1.82) is 0 Å². The maximum Gasteiger partial charge on any atom is 0.306 e. The van der Waals surface area contributed by atoms with E-state index in [2.05, 4.69) is 10.3 Å². The molecule has 5 nitrogen and oxygen atoms in total. The summed E-state index contributed by atoms with van der Waals surface area (Å²) in [5.74, 6) is -1.47. The van der Waals surface area contributed by atoms with Crippen LogP contribution in [0, 0.1) is 18.8 Å². The van der Waals surface area contributed by atoms with Crippen LogP contribution >= 0.6 is 11.3 Å². The van der Waals surface area contributed by atoms with Crippen molar-refractivity contribution in [2.45, 2.75) is 26.2 Å². The summed E-state index contributed by atoms with van der Waals surface area (Å²) in [6.07, 6.45) is 1.66. The first kappa shape index (κ1) is 14.0. The summed E-state index contributed by atoms with van der Waals surface area (Å²) in [4.78, 5) is 27.5. The Kier molecular flexibility index (Phi) is 3.63. The van der Waals surface area contributed by atoms with Crippen molar-refractivity contribution in [3.63, 3.8) is 0 Å². The third-order valence-electron chi connectivity index (χ3n) is 3.92. The van der Waals surface area contributed by atoms with Gasteiger partial charge < -0.3 is 10.4 Å². The molecule has 21 heavy (non-hydrogen) atoms. The van der Waals surface area contributed by atoms with Gasteiger partial charge in [0.05, 0.1) is 21.1 Å². The van der Waals surface area contributed by atoms with Gasteiger partial charge in [0.1, 0.15) is 0 Å². The molecular formula is C15H16N2O3S. The monoisotopic (exact) mass is 304 g/mol. The number of hydrogen-bond acceptors (Lipinski definition) is 4. The van der Waals surface area contributed by atoms with E-state index in [1.165, 1.54) is 0 Å². The summed E-state index contributed by atoms with van der Waals surface area (Å²) in [6.45, 7) is 1.95. The molecule has 0 spiro atoms. The maximum absolute atomic E-state index is 12.2. The van der Waals surface area contributed by atoms with Gasteiger partial charge >= 0.3 is 5.97 Å². The van der Waals surface area contributed by atoms with Gasteiger partial charge in [0.25, 0.3) is 0 Å². The number of thiazole rings is 1. The minimum atomic E-state index is -0.799. The first-order valence-corrected chi connectivity index (χ1v) is 7.75. The number of aliphatic carboxylic acids is 1. The Morgan fingerprint density at radius 2 is 2.10 bits per heavy atom. The lowest BCUT2D eigenvalue weighted by molar-refractivity contribution is -0.141. The van der Waals surface area contributed by atoms with Crippen molar-refractivity contribution in [2.75, 3.05) is 5.32 Å². The third-order valence-corrected chi connectivity index (χ3v) is 4.85. The highest BCUT2D eigenvalue weighted by molar-refractivity contribution is 7.18. The summed E-state index contributed by atoms with van der Waals surface area (Å²) < 4.78 is 1.04. The fourth-order valence-electron chi connectivity index (χ4n) is 2.81. The normalized spacial score (nSPS) is 21.6. The number of fused-ring (bicyclic) bond motifs is 1. The second-order valence-corrected chi connectivity index (χ2v) is 6.68. The number of nitrogens with one attached hydrogen (secondary N) is 1. The SMILES string of the molecule is Cc1nc2ccc(NC(=O)[C@@H]3CC[C@H](C(=O)O)C3)cc2s1. The molecule has 1 fully saturated rings. The molecule has 2 N–H and O–H groups in total. The number of aryl methyl sites for hydroxylation is 1. The number of hydrogen-bond donors (Lipinski definition) is 2. The van der Waals surface area contributed by atoms with E-state index in [4.69, 9.17) is 5.11 Å². The number of benzene rings is 1. The largest absolute Gasteiger partial charge is 0.481 e. The number of carboxylic acids is 1. The van der Waals surface area contributed by atoms with E-state index in [0.717, 1.165) is 20.9 Å².